The van der Waals surface area contributed by atoms with Crippen LogP contribution in [0.1, 0.15) is 26.1 Å². The molecule has 30 heavy (non-hydrogen) atoms. The summed E-state index contributed by atoms with van der Waals surface area (Å²) in [6.07, 6.45) is 0.688. The van der Waals surface area contributed by atoms with E-state index in [0.717, 1.165) is 17.0 Å². The molecule has 0 bridgehead atoms. The lowest BCUT2D eigenvalue weighted by Gasteiger charge is -2.18. The predicted molar refractivity (Wildman–Crippen MR) is 117 cm³/mol. The molecule has 0 spiro atoms. The van der Waals surface area contributed by atoms with Gasteiger partial charge in [-0.1, -0.05) is 32.0 Å². The fourth-order valence-corrected chi connectivity index (χ4v) is 4.76. The van der Waals surface area contributed by atoms with Crippen LogP contribution in [-0.4, -0.2) is 41.3 Å². The SMILES string of the molecule is CCN(CC)S(=O)(=O)c1ccc2c(c1)nc(CCC(=O)NNc1ccccc1)n2C. The molecule has 0 aliphatic heterocycles. The highest BCUT2D eigenvalue weighted by Gasteiger charge is 2.22. The van der Waals surface area contributed by atoms with Gasteiger partial charge in [-0.05, 0) is 30.3 Å². The van der Waals surface area contributed by atoms with Gasteiger partial charge in [0.05, 0.1) is 21.6 Å². The van der Waals surface area contributed by atoms with Crippen LogP contribution >= 0.6 is 0 Å². The monoisotopic (exact) mass is 429 g/mol. The van der Waals surface area contributed by atoms with Crippen molar-refractivity contribution in [3.05, 3.63) is 54.4 Å². The first-order valence-electron chi connectivity index (χ1n) is 9.92. The summed E-state index contributed by atoms with van der Waals surface area (Å²) in [4.78, 5) is 16.9. The van der Waals surface area contributed by atoms with E-state index in [4.69, 9.17) is 0 Å². The van der Waals surface area contributed by atoms with Crippen molar-refractivity contribution >= 4 is 32.7 Å². The average molecular weight is 430 g/mol. The second-order valence-corrected chi connectivity index (χ2v) is 8.80. The van der Waals surface area contributed by atoms with Gasteiger partial charge in [0.25, 0.3) is 0 Å². The zero-order valence-electron chi connectivity index (χ0n) is 17.4. The zero-order valence-corrected chi connectivity index (χ0v) is 18.2. The molecule has 0 saturated heterocycles. The number of fused-ring (bicyclic) bond motifs is 1. The smallest absolute Gasteiger partial charge is 0.243 e. The lowest BCUT2D eigenvalue weighted by Crippen LogP contribution is -2.30. The summed E-state index contributed by atoms with van der Waals surface area (Å²) in [6.45, 7) is 4.46. The van der Waals surface area contributed by atoms with Gasteiger partial charge in [0.1, 0.15) is 5.82 Å². The molecule has 0 radical (unpaired) electrons. The van der Waals surface area contributed by atoms with E-state index in [0.29, 0.717) is 25.0 Å². The van der Waals surface area contributed by atoms with Crippen molar-refractivity contribution in [2.24, 2.45) is 7.05 Å². The summed E-state index contributed by atoms with van der Waals surface area (Å²) < 4.78 is 28.8. The number of amides is 1. The van der Waals surface area contributed by atoms with Crippen molar-refractivity contribution < 1.29 is 13.2 Å². The van der Waals surface area contributed by atoms with E-state index < -0.39 is 10.0 Å². The Balaban J connectivity index is 1.71. The number of anilines is 1. The fraction of sp³-hybridized carbons (Fsp3) is 0.333. The zero-order chi connectivity index (χ0) is 21.7. The number of aromatic nitrogens is 2. The topological polar surface area (TPSA) is 96.3 Å². The number of nitrogens with one attached hydrogen (secondary N) is 2. The molecule has 3 aromatic rings. The number of hydrogen-bond acceptors (Lipinski definition) is 5. The van der Waals surface area contributed by atoms with Gasteiger partial charge in [-0.2, -0.15) is 4.31 Å². The highest BCUT2D eigenvalue weighted by Crippen LogP contribution is 2.22. The Morgan fingerprint density at radius 2 is 1.80 bits per heavy atom. The van der Waals surface area contributed by atoms with Crippen molar-refractivity contribution in [3.63, 3.8) is 0 Å². The normalized spacial score (nSPS) is 11.7. The molecule has 0 atom stereocenters. The first-order valence-corrected chi connectivity index (χ1v) is 11.4. The van der Waals surface area contributed by atoms with E-state index in [1.165, 1.54) is 4.31 Å². The van der Waals surface area contributed by atoms with Gasteiger partial charge in [0.15, 0.2) is 0 Å². The van der Waals surface area contributed by atoms with Crippen LogP contribution in [0, 0.1) is 0 Å². The van der Waals surface area contributed by atoms with Gasteiger partial charge >= 0.3 is 0 Å². The van der Waals surface area contributed by atoms with Gasteiger partial charge in [-0.3, -0.25) is 15.6 Å². The maximum absolute atomic E-state index is 12.8. The number of hydrazine groups is 1. The molecule has 9 heteroatoms. The van der Waals surface area contributed by atoms with Crippen LogP contribution in [0.25, 0.3) is 11.0 Å². The maximum Gasteiger partial charge on any atom is 0.243 e. The highest BCUT2D eigenvalue weighted by atomic mass is 32.2. The van der Waals surface area contributed by atoms with Crippen molar-refractivity contribution in [2.45, 2.75) is 31.6 Å². The summed E-state index contributed by atoms with van der Waals surface area (Å²) in [5.41, 5.74) is 7.76. The predicted octanol–water partition coefficient (Wildman–Crippen LogP) is 2.68. The second-order valence-electron chi connectivity index (χ2n) is 6.87. The van der Waals surface area contributed by atoms with E-state index in [9.17, 15) is 13.2 Å². The van der Waals surface area contributed by atoms with E-state index in [1.54, 1.807) is 18.2 Å². The number of benzene rings is 2. The standard InChI is InChI=1S/C21H27N5O3S/c1-4-26(5-2)30(28,29)17-11-12-19-18(15-17)22-20(25(19)3)13-14-21(27)24-23-16-9-7-6-8-10-16/h6-12,15,23H,4-5,13-14H2,1-3H3,(H,24,27). The summed E-state index contributed by atoms with van der Waals surface area (Å²) >= 11 is 0. The molecule has 1 aromatic heterocycles. The quantitative estimate of drug-likeness (QED) is 0.510. The van der Waals surface area contributed by atoms with E-state index >= 15 is 0 Å². The van der Waals surface area contributed by atoms with Crippen LogP contribution in [0.15, 0.2) is 53.4 Å². The third-order valence-corrected chi connectivity index (χ3v) is 7.03. The maximum atomic E-state index is 12.8. The molecule has 1 heterocycles. The van der Waals surface area contributed by atoms with Crippen LogP contribution in [0.4, 0.5) is 5.69 Å². The van der Waals surface area contributed by atoms with Crippen LogP contribution in [0.5, 0.6) is 0 Å². The minimum atomic E-state index is -3.54. The number of imidazole rings is 1. The second kappa shape index (κ2) is 9.27. The Kier molecular flexibility index (Phi) is 6.73. The number of aryl methyl sites for hydroxylation is 2. The van der Waals surface area contributed by atoms with Gasteiger partial charge in [0.2, 0.25) is 15.9 Å². The Labute approximate surface area is 176 Å². The van der Waals surface area contributed by atoms with Crippen LogP contribution in [0.2, 0.25) is 0 Å². The Morgan fingerprint density at radius 1 is 1.10 bits per heavy atom. The molecule has 0 fully saturated rings. The molecule has 0 saturated carbocycles. The van der Waals surface area contributed by atoms with Gasteiger partial charge in [-0.25, -0.2) is 13.4 Å². The first-order chi connectivity index (χ1) is 14.4. The molecule has 3 rings (SSSR count). The minimum Gasteiger partial charge on any atom is -0.331 e. The van der Waals surface area contributed by atoms with E-state index in [-0.39, 0.29) is 17.2 Å². The van der Waals surface area contributed by atoms with E-state index in [2.05, 4.69) is 15.8 Å². The number of hydrogen-bond donors (Lipinski definition) is 2. The molecule has 1 amide bonds. The summed E-state index contributed by atoms with van der Waals surface area (Å²) in [5.74, 6) is 0.563. The minimum absolute atomic E-state index is 0.157. The van der Waals surface area contributed by atoms with Crippen molar-refractivity contribution in [1.29, 1.82) is 0 Å². The van der Waals surface area contributed by atoms with E-state index in [1.807, 2.05) is 55.8 Å². The molecule has 0 aliphatic carbocycles. The molecule has 160 valence electrons. The van der Waals surface area contributed by atoms with Crippen LogP contribution in [0.3, 0.4) is 0 Å². The first kappa shape index (κ1) is 21.8. The van der Waals surface area contributed by atoms with Crippen molar-refractivity contribution in [3.8, 4) is 0 Å². The lowest BCUT2D eigenvalue weighted by molar-refractivity contribution is -0.120. The van der Waals surface area contributed by atoms with Gasteiger partial charge < -0.3 is 4.57 Å². The summed E-state index contributed by atoms with van der Waals surface area (Å²) in [5, 5.41) is 0. The Bertz CT molecular complexity index is 1120. The Morgan fingerprint density at radius 3 is 2.47 bits per heavy atom. The number of carbonyl (C=O) groups is 1. The van der Waals surface area contributed by atoms with Crippen molar-refractivity contribution in [1.82, 2.24) is 19.3 Å². The number of sulfonamides is 1. The molecular weight excluding hydrogens is 402 g/mol. The average Bonchev–Trinajstić information content (AvgIpc) is 3.07. The third kappa shape index (κ3) is 4.63. The number of carbonyl (C=O) groups excluding carboxylic acids is 1. The van der Waals surface area contributed by atoms with Gasteiger partial charge in [0, 0.05) is 33.0 Å². The molecule has 8 nitrogen and oxygen atoms in total. The molecular formula is C21H27N5O3S. The van der Waals surface area contributed by atoms with Crippen LogP contribution < -0.4 is 10.9 Å². The highest BCUT2D eigenvalue weighted by molar-refractivity contribution is 7.89. The number of rotatable bonds is 9. The lowest BCUT2D eigenvalue weighted by atomic mass is 10.3. The fourth-order valence-electron chi connectivity index (χ4n) is 3.28. The summed E-state index contributed by atoms with van der Waals surface area (Å²) in [6, 6.07) is 14.3. The Hall–Kier alpha value is -2.91. The molecule has 0 unspecified atom stereocenters. The number of para-hydroxylation sites is 1. The number of nitrogens with zero attached hydrogens (tertiary/aromatic N) is 3. The van der Waals surface area contributed by atoms with Crippen LogP contribution in [-0.2, 0) is 28.3 Å². The molecule has 0 aliphatic rings. The molecule has 2 N–H and O–H groups in total. The van der Waals surface area contributed by atoms with Gasteiger partial charge in [-0.15, -0.1) is 0 Å². The summed E-state index contributed by atoms with van der Waals surface area (Å²) in [7, 11) is -1.68. The largest absolute Gasteiger partial charge is 0.331 e. The third-order valence-electron chi connectivity index (χ3n) is 4.98. The molecule has 2 aromatic carbocycles. The van der Waals surface area contributed by atoms with Crippen molar-refractivity contribution in [2.75, 3.05) is 18.5 Å².